The molecule has 0 unspecified atom stereocenters. The van der Waals surface area contributed by atoms with Gasteiger partial charge in [-0.05, 0) is 43.4 Å². The molecule has 1 aliphatic rings. The molecule has 31 heavy (non-hydrogen) atoms. The van der Waals surface area contributed by atoms with Crippen LogP contribution in [0.3, 0.4) is 0 Å². The molecule has 2 aromatic carbocycles. The first kappa shape index (κ1) is 21.1. The summed E-state index contributed by atoms with van der Waals surface area (Å²) in [5.74, 6) is 1.62. The zero-order valence-corrected chi connectivity index (χ0v) is 19.0. The van der Waals surface area contributed by atoms with Crippen LogP contribution >= 0.6 is 11.8 Å². The maximum atomic E-state index is 13.0. The van der Waals surface area contributed by atoms with Gasteiger partial charge in [0, 0.05) is 12.5 Å². The lowest BCUT2D eigenvalue weighted by molar-refractivity contribution is -0.118. The molecule has 4 rings (SSSR count). The lowest BCUT2D eigenvalue weighted by Gasteiger charge is -2.31. The second kappa shape index (κ2) is 8.55. The Hall–Kier alpha value is -3.13. The minimum absolute atomic E-state index is 0.159. The van der Waals surface area contributed by atoms with E-state index in [9.17, 15) is 4.79 Å². The molecule has 3 aromatic rings. The van der Waals surface area contributed by atoms with E-state index in [1.54, 1.807) is 12.0 Å². The number of thioether (sulfide) groups is 1. The summed E-state index contributed by atoms with van der Waals surface area (Å²) in [6.07, 6.45) is -0.772. The number of para-hydroxylation sites is 1. The van der Waals surface area contributed by atoms with E-state index >= 15 is 0 Å². The van der Waals surface area contributed by atoms with E-state index in [0.29, 0.717) is 22.5 Å². The van der Waals surface area contributed by atoms with Gasteiger partial charge in [0.25, 0.3) is 0 Å². The zero-order chi connectivity index (χ0) is 22.1. The van der Waals surface area contributed by atoms with Crippen LogP contribution in [0.25, 0.3) is 11.3 Å². The van der Waals surface area contributed by atoms with Gasteiger partial charge in [0.2, 0.25) is 23.2 Å². The fraction of sp³-hybridized carbons (Fsp3) is 0.304. The number of fused-ring (bicyclic) bond motifs is 3. The van der Waals surface area contributed by atoms with Crippen molar-refractivity contribution in [1.82, 2.24) is 15.2 Å². The Kier molecular flexibility index (Phi) is 5.82. The second-order valence-electron chi connectivity index (χ2n) is 7.26. The van der Waals surface area contributed by atoms with Crippen molar-refractivity contribution >= 4 is 23.4 Å². The van der Waals surface area contributed by atoms with Crippen LogP contribution in [-0.4, -0.2) is 34.0 Å². The lowest BCUT2D eigenvalue weighted by atomic mass is 10.00. The number of benzene rings is 2. The predicted octanol–water partition coefficient (Wildman–Crippen LogP) is 4.72. The summed E-state index contributed by atoms with van der Waals surface area (Å²) in [4.78, 5) is 19.3. The highest BCUT2D eigenvalue weighted by Gasteiger charge is 2.37. The van der Waals surface area contributed by atoms with Gasteiger partial charge in [0.15, 0.2) is 5.69 Å². The minimum Gasteiger partial charge on any atom is -0.496 e. The van der Waals surface area contributed by atoms with Gasteiger partial charge in [0.05, 0.1) is 18.4 Å². The molecule has 0 fully saturated rings. The van der Waals surface area contributed by atoms with Crippen molar-refractivity contribution < 1.29 is 14.3 Å². The van der Waals surface area contributed by atoms with E-state index in [1.165, 1.54) is 18.7 Å². The van der Waals surface area contributed by atoms with Gasteiger partial charge in [-0.15, -0.1) is 10.2 Å². The second-order valence-corrected chi connectivity index (χ2v) is 8.49. The van der Waals surface area contributed by atoms with Gasteiger partial charge in [-0.1, -0.05) is 42.4 Å². The van der Waals surface area contributed by atoms with Crippen molar-refractivity contribution in [1.29, 1.82) is 0 Å². The third kappa shape index (κ3) is 3.83. The normalized spacial score (nSPS) is 14.9. The van der Waals surface area contributed by atoms with E-state index in [4.69, 9.17) is 9.47 Å². The van der Waals surface area contributed by atoms with E-state index < -0.39 is 6.23 Å². The molecule has 1 aromatic heterocycles. The first-order valence-corrected chi connectivity index (χ1v) is 11.0. The summed E-state index contributed by atoms with van der Waals surface area (Å²) in [6.45, 7) is 7.55. The number of carbonyl (C=O) groups excluding carboxylic acids is 1. The molecular weight excluding hydrogens is 412 g/mol. The first-order valence-electron chi connectivity index (χ1n) is 10.0. The Morgan fingerprint density at radius 1 is 1.23 bits per heavy atom. The first-order chi connectivity index (χ1) is 14.9. The fourth-order valence-corrected chi connectivity index (χ4v) is 4.37. The largest absolute Gasteiger partial charge is 0.496 e. The summed E-state index contributed by atoms with van der Waals surface area (Å²) in [5.41, 5.74) is 4.74. The Balaban J connectivity index is 2.04. The van der Waals surface area contributed by atoms with Crippen molar-refractivity contribution in [2.75, 3.05) is 17.8 Å². The molecule has 1 amide bonds. The monoisotopic (exact) mass is 436 g/mol. The molecule has 0 saturated carbocycles. The Labute approximate surface area is 185 Å². The molecule has 2 heterocycles. The van der Waals surface area contributed by atoms with E-state index in [0.717, 1.165) is 33.7 Å². The number of aryl methyl sites for hydroxylation is 2. The molecule has 1 atom stereocenters. The number of methoxy groups -OCH3 is 1. The summed E-state index contributed by atoms with van der Waals surface area (Å²) >= 11 is 1.48. The molecule has 8 heteroatoms. The van der Waals surface area contributed by atoms with Crippen molar-refractivity contribution in [2.24, 2.45) is 0 Å². The molecule has 0 saturated heterocycles. The van der Waals surface area contributed by atoms with Gasteiger partial charge in [-0.2, -0.15) is 4.98 Å². The number of amides is 1. The highest BCUT2D eigenvalue weighted by Crippen LogP contribution is 2.46. The van der Waals surface area contributed by atoms with Gasteiger partial charge in [-0.3, -0.25) is 9.69 Å². The summed E-state index contributed by atoms with van der Waals surface area (Å²) in [5, 5.41) is 9.26. The van der Waals surface area contributed by atoms with Gasteiger partial charge in [0.1, 0.15) is 5.75 Å². The zero-order valence-electron chi connectivity index (χ0n) is 18.2. The van der Waals surface area contributed by atoms with Crippen LogP contribution in [0.1, 0.15) is 36.8 Å². The summed E-state index contributed by atoms with van der Waals surface area (Å²) in [6, 6.07) is 11.6. The Bertz CT molecular complexity index is 1150. The third-order valence-electron chi connectivity index (χ3n) is 5.05. The number of carbonyl (C=O) groups is 1. The molecular formula is C23H24N4O3S. The van der Waals surface area contributed by atoms with Crippen molar-refractivity contribution in [2.45, 2.75) is 39.1 Å². The predicted molar refractivity (Wildman–Crippen MR) is 121 cm³/mol. The van der Waals surface area contributed by atoms with Crippen molar-refractivity contribution in [3.05, 3.63) is 53.1 Å². The fourth-order valence-electron chi connectivity index (χ4n) is 3.87. The number of anilines is 1. The highest BCUT2D eigenvalue weighted by atomic mass is 32.2. The molecule has 0 N–H and O–H groups in total. The number of hydrogen-bond donors (Lipinski definition) is 0. The number of nitrogens with zero attached hydrogens (tertiary/aromatic N) is 4. The third-order valence-corrected chi connectivity index (χ3v) is 5.77. The molecule has 7 nitrogen and oxygen atoms in total. The topological polar surface area (TPSA) is 77.4 Å². The van der Waals surface area contributed by atoms with Gasteiger partial charge < -0.3 is 9.47 Å². The van der Waals surface area contributed by atoms with Gasteiger partial charge >= 0.3 is 0 Å². The molecule has 1 aliphatic heterocycles. The minimum atomic E-state index is -0.772. The average Bonchev–Trinajstić information content (AvgIpc) is 2.88. The maximum absolute atomic E-state index is 13.0. The Morgan fingerprint density at radius 3 is 2.71 bits per heavy atom. The molecule has 0 radical (unpaired) electrons. The summed E-state index contributed by atoms with van der Waals surface area (Å²) in [7, 11) is 1.60. The van der Waals surface area contributed by atoms with Gasteiger partial charge in [-0.25, -0.2) is 0 Å². The SMILES string of the molecule is CCSc1nnc2c(n1)O[C@H](c1ccccc1OC)N(C(C)=O)c1c(C)cc(C)cc1-2. The van der Waals surface area contributed by atoms with Crippen LogP contribution in [0, 0.1) is 13.8 Å². The number of hydrogen-bond acceptors (Lipinski definition) is 7. The van der Waals surface area contributed by atoms with Crippen LogP contribution in [0.15, 0.2) is 41.6 Å². The maximum Gasteiger partial charge on any atom is 0.247 e. The van der Waals surface area contributed by atoms with Crippen molar-refractivity contribution in [3.63, 3.8) is 0 Å². The quantitative estimate of drug-likeness (QED) is 0.548. The molecule has 160 valence electrons. The smallest absolute Gasteiger partial charge is 0.247 e. The molecule has 0 spiro atoms. The number of ether oxygens (including phenoxy) is 2. The van der Waals surface area contributed by atoms with Crippen LogP contribution in [0.5, 0.6) is 11.6 Å². The standard InChI is InChI=1S/C23H24N4O3S/c1-6-31-23-24-21-19(25-26-23)17-12-13(2)11-14(3)20(17)27(15(4)28)22(30-21)16-9-7-8-10-18(16)29-5/h7-12,22H,6H2,1-5H3/t22-/m1/s1. The van der Waals surface area contributed by atoms with E-state index in [1.807, 2.05) is 57.2 Å². The summed E-state index contributed by atoms with van der Waals surface area (Å²) < 4.78 is 12.0. The Morgan fingerprint density at radius 2 is 2.00 bits per heavy atom. The van der Waals surface area contributed by atoms with E-state index in [2.05, 4.69) is 15.2 Å². The van der Waals surface area contributed by atoms with Crippen LogP contribution in [0.4, 0.5) is 5.69 Å². The van der Waals surface area contributed by atoms with E-state index in [-0.39, 0.29) is 5.91 Å². The lowest BCUT2D eigenvalue weighted by Crippen LogP contribution is -2.36. The van der Waals surface area contributed by atoms with Crippen LogP contribution in [0.2, 0.25) is 0 Å². The highest BCUT2D eigenvalue weighted by molar-refractivity contribution is 7.99. The van der Waals surface area contributed by atoms with Crippen LogP contribution in [-0.2, 0) is 4.79 Å². The van der Waals surface area contributed by atoms with Crippen molar-refractivity contribution in [3.8, 4) is 22.9 Å². The molecule has 0 bridgehead atoms. The average molecular weight is 437 g/mol. The van der Waals surface area contributed by atoms with Crippen LogP contribution < -0.4 is 14.4 Å². The number of aromatic nitrogens is 3. The molecule has 0 aliphatic carbocycles. The number of rotatable bonds is 4.